The maximum Gasteiger partial charge on any atom is 0.162 e. The molecule has 1 aromatic heterocycles. The van der Waals surface area contributed by atoms with E-state index in [4.69, 9.17) is 21.6 Å². The van der Waals surface area contributed by atoms with Crippen LogP contribution in [0.4, 0.5) is 0 Å². The van der Waals surface area contributed by atoms with E-state index < -0.39 is 0 Å². The van der Waals surface area contributed by atoms with Gasteiger partial charge in [-0.1, -0.05) is 11.6 Å². The largest absolute Gasteiger partial charge is 0.492 e. The number of benzene rings is 1. The number of aromatic nitrogens is 2. The third kappa shape index (κ3) is 2.40. The maximum absolute atomic E-state index is 8.69. The first-order valence-corrected chi connectivity index (χ1v) is 5.50. The van der Waals surface area contributed by atoms with Gasteiger partial charge in [-0.05, 0) is 25.1 Å². The predicted molar refractivity (Wildman–Crippen MR) is 64.9 cm³/mol. The van der Waals surface area contributed by atoms with Crippen LogP contribution in [0, 0.1) is 11.3 Å². The van der Waals surface area contributed by atoms with Crippen LogP contribution < -0.4 is 4.74 Å². The van der Waals surface area contributed by atoms with E-state index in [1.165, 1.54) is 0 Å². The smallest absolute Gasteiger partial charge is 0.162 e. The third-order valence-corrected chi connectivity index (χ3v) is 2.53. The Kier molecular flexibility index (Phi) is 3.31. The van der Waals surface area contributed by atoms with E-state index in [1.807, 2.05) is 19.1 Å². The van der Waals surface area contributed by atoms with E-state index in [9.17, 15) is 0 Å². The zero-order valence-electron chi connectivity index (χ0n) is 9.20. The highest BCUT2D eigenvalue weighted by Gasteiger charge is 2.07. The van der Waals surface area contributed by atoms with Crippen molar-refractivity contribution in [3.63, 3.8) is 0 Å². The molecule has 0 radical (unpaired) electrons. The van der Waals surface area contributed by atoms with E-state index >= 15 is 0 Å². The molecule has 0 aliphatic heterocycles. The molecule has 0 aliphatic rings. The summed E-state index contributed by atoms with van der Waals surface area (Å²) in [5.41, 5.74) is 1.98. The molecule has 0 fully saturated rings. The Morgan fingerprint density at radius 1 is 1.47 bits per heavy atom. The second kappa shape index (κ2) is 4.89. The minimum Gasteiger partial charge on any atom is -0.492 e. The van der Waals surface area contributed by atoms with Crippen molar-refractivity contribution in [2.45, 2.75) is 6.92 Å². The molecule has 2 rings (SSSR count). The molecule has 86 valence electrons. The average Bonchev–Trinajstić information content (AvgIpc) is 2.80. The second-order valence-corrected chi connectivity index (χ2v) is 3.76. The predicted octanol–water partition coefficient (Wildman–Crippen LogP) is 3.00. The zero-order valence-corrected chi connectivity index (χ0v) is 9.95. The van der Waals surface area contributed by atoms with Crippen LogP contribution in [0.3, 0.4) is 0 Å². The highest BCUT2D eigenvalue weighted by atomic mass is 35.5. The van der Waals surface area contributed by atoms with Crippen molar-refractivity contribution in [3.8, 4) is 23.1 Å². The van der Waals surface area contributed by atoms with Crippen LogP contribution in [0.15, 0.2) is 24.3 Å². The van der Waals surface area contributed by atoms with Gasteiger partial charge in [-0.15, -0.1) is 0 Å². The first kappa shape index (κ1) is 11.5. The van der Waals surface area contributed by atoms with E-state index in [0.717, 1.165) is 11.3 Å². The topological polar surface area (TPSA) is 61.7 Å². The van der Waals surface area contributed by atoms with Crippen molar-refractivity contribution in [1.82, 2.24) is 10.2 Å². The standard InChI is InChI=1S/C12H10ClN3O/c1-2-17-12-4-3-8(5-10(12)13)11-6-9(7-14)15-16-11/h3-6H,2H2,1H3,(H,15,16). The normalized spacial score (nSPS) is 9.94. The highest BCUT2D eigenvalue weighted by Crippen LogP contribution is 2.29. The summed E-state index contributed by atoms with van der Waals surface area (Å²) in [5.74, 6) is 0.651. The Hall–Kier alpha value is -1.99. The molecular formula is C12H10ClN3O. The molecule has 0 saturated heterocycles. The molecular weight excluding hydrogens is 238 g/mol. The van der Waals surface area contributed by atoms with Crippen LogP contribution in [0.1, 0.15) is 12.6 Å². The quantitative estimate of drug-likeness (QED) is 0.907. The number of hydrogen-bond acceptors (Lipinski definition) is 3. The van der Waals surface area contributed by atoms with Gasteiger partial charge in [0.25, 0.3) is 0 Å². The van der Waals surface area contributed by atoms with Crippen molar-refractivity contribution in [3.05, 3.63) is 35.0 Å². The maximum atomic E-state index is 8.69. The van der Waals surface area contributed by atoms with Gasteiger partial charge in [0.05, 0.1) is 17.3 Å². The Morgan fingerprint density at radius 2 is 2.29 bits per heavy atom. The monoisotopic (exact) mass is 247 g/mol. The Morgan fingerprint density at radius 3 is 2.88 bits per heavy atom. The molecule has 0 bridgehead atoms. The summed E-state index contributed by atoms with van der Waals surface area (Å²) >= 11 is 6.07. The molecule has 0 spiro atoms. The van der Waals surface area contributed by atoms with Crippen LogP contribution in [0.25, 0.3) is 11.3 Å². The number of H-pyrrole nitrogens is 1. The van der Waals surface area contributed by atoms with Gasteiger partial charge < -0.3 is 4.74 Å². The lowest BCUT2D eigenvalue weighted by Gasteiger charge is -2.06. The van der Waals surface area contributed by atoms with Crippen LogP contribution in [0.2, 0.25) is 5.02 Å². The summed E-state index contributed by atoms with van der Waals surface area (Å²) < 4.78 is 5.34. The lowest BCUT2D eigenvalue weighted by atomic mass is 10.1. The molecule has 2 aromatic rings. The summed E-state index contributed by atoms with van der Waals surface area (Å²) in [5, 5.41) is 15.8. The van der Waals surface area contributed by atoms with Crippen molar-refractivity contribution in [2.75, 3.05) is 6.61 Å². The van der Waals surface area contributed by atoms with E-state index in [0.29, 0.717) is 23.1 Å². The molecule has 0 aliphatic carbocycles. The summed E-state index contributed by atoms with van der Waals surface area (Å²) in [6.07, 6.45) is 0. The third-order valence-electron chi connectivity index (χ3n) is 2.24. The Balaban J connectivity index is 2.34. The fraction of sp³-hybridized carbons (Fsp3) is 0.167. The van der Waals surface area contributed by atoms with E-state index in [1.54, 1.807) is 18.2 Å². The number of hydrogen-bond donors (Lipinski definition) is 1. The summed E-state index contributed by atoms with van der Waals surface area (Å²) in [6, 6.07) is 9.08. The van der Waals surface area contributed by atoms with Gasteiger partial charge in [0.2, 0.25) is 0 Å². The molecule has 1 N–H and O–H groups in total. The Bertz CT molecular complexity index is 571. The van der Waals surface area contributed by atoms with Crippen molar-refractivity contribution < 1.29 is 4.74 Å². The SMILES string of the molecule is CCOc1ccc(-c2cc(C#N)n[nH]2)cc1Cl. The summed E-state index contributed by atoms with van der Waals surface area (Å²) in [4.78, 5) is 0. The van der Waals surface area contributed by atoms with Crippen LogP contribution in [-0.4, -0.2) is 16.8 Å². The molecule has 0 saturated carbocycles. The number of halogens is 1. The van der Waals surface area contributed by atoms with Crippen LogP contribution in [-0.2, 0) is 0 Å². The average molecular weight is 248 g/mol. The fourth-order valence-corrected chi connectivity index (χ4v) is 1.70. The number of nitrogens with one attached hydrogen (secondary N) is 1. The van der Waals surface area contributed by atoms with Gasteiger partial charge in [-0.3, -0.25) is 5.10 Å². The van der Waals surface area contributed by atoms with E-state index in [2.05, 4.69) is 10.2 Å². The molecule has 0 amide bonds. The number of aromatic amines is 1. The summed E-state index contributed by atoms with van der Waals surface area (Å²) in [6.45, 7) is 2.47. The van der Waals surface area contributed by atoms with Gasteiger partial charge in [-0.2, -0.15) is 10.4 Å². The van der Waals surface area contributed by atoms with Gasteiger partial charge in [-0.25, -0.2) is 0 Å². The molecule has 1 heterocycles. The molecule has 0 unspecified atom stereocenters. The number of nitriles is 1. The van der Waals surface area contributed by atoms with Gasteiger partial charge in [0.1, 0.15) is 11.8 Å². The van der Waals surface area contributed by atoms with Gasteiger partial charge in [0.15, 0.2) is 5.69 Å². The van der Waals surface area contributed by atoms with Crippen LogP contribution >= 0.6 is 11.6 Å². The van der Waals surface area contributed by atoms with Gasteiger partial charge >= 0.3 is 0 Å². The number of rotatable bonds is 3. The first-order valence-electron chi connectivity index (χ1n) is 5.13. The lowest BCUT2D eigenvalue weighted by Crippen LogP contribution is -1.92. The molecule has 0 atom stereocenters. The zero-order chi connectivity index (χ0) is 12.3. The molecule has 5 heteroatoms. The first-order chi connectivity index (χ1) is 8.24. The Labute approximate surface area is 104 Å². The second-order valence-electron chi connectivity index (χ2n) is 3.36. The van der Waals surface area contributed by atoms with Gasteiger partial charge in [0, 0.05) is 11.6 Å². The molecule has 1 aromatic carbocycles. The van der Waals surface area contributed by atoms with Crippen molar-refractivity contribution >= 4 is 11.6 Å². The summed E-state index contributed by atoms with van der Waals surface area (Å²) in [7, 11) is 0. The number of nitrogens with zero attached hydrogens (tertiary/aromatic N) is 2. The van der Waals surface area contributed by atoms with Crippen molar-refractivity contribution in [1.29, 1.82) is 5.26 Å². The fourth-order valence-electron chi connectivity index (χ4n) is 1.47. The minimum absolute atomic E-state index is 0.352. The highest BCUT2D eigenvalue weighted by molar-refractivity contribution is 6.32. The minimum atomic E-state index is 0.352. The molecule has 4 nitrogen and oxygen atoms in total. The number of ether oxygens (including phenoxy) is 1. The molecule has 17 heavy (non-hydrogen) atoms. The van der Waals surface area contributed by atoms with E-state index in [-0.39, 0.29) is 0 Å². The van der Waals surface area contributed by atoms with Crippen molar-refractivity contribution in [2.24, 2.45) is 0 Å². The lowest BCUT2D eigenvalue weighted by molar-refractivity contribution is 0.340. The van der Waals surface area contributed by atoms with Crippen LogP contribution in [0.5, 0.6) is 5.75 Å².